The number of nitriles is 1. The van der Waals surface area contributed by atoms with Crippen molar-refractivity contribution in [3.05, 3.63) is 66.1 Å². The zero-order valence-corrected chi connectivity index (χ0v) is 30.9. The maximum atomic E-state index is 13.6. The second-order valence-corrected chi connectivity index (χ2v) is 15.2. The molecule has 0 bridgehead atoms. The number of imide groups is 1. The van der Waals surface area contributed by atoms with Crippen LogP contribution in [0.5, 0.6) is 0 Å². The van der Waals surface area contributed by atoms with Crippen LogP contribution in [-0.2, 0) is 14.4 Å². The van der Waals surface area contributed by atoms with E-state index in [4.69, 9.17) is 4.98 Å². The number of pyridine rings is 2. The van der Waals surface area contributed by atoms with Crippen molar-refractivity contribution in [2.75, 3.05) is 54.4 Å². The molecule has 5 aromatic rings. The Bertz CT molecular complexity index is 2250. The van der Waals surface area contributed by atoms with Crippen molar-refractivity contribution in [3.8, 4) is 28.0 Å². The van der Waals surface area contributed by atoms with Crippen LogP contribution in [0.1, 0.15) is 56.6 Å². The van der Waals surface area contributed by atoms with Crippen molar-refractivity contribution < 1.29 is 14.4 Å². The highest BCUT2D eigenvalue weighted by Crippen LogP contribution is 2.36. The van der Waals surface area contributed by atoms with Crippen molar-refractivity contribution in [2.24, 2.45) is 5.92 Å². The fourth-order valence-corrected chi connectivity index (χ4v) is 8.36. The quantitative estimate of drug-likeness (QED) is 0.218. The highest BCUT2D eigenvalue weighted by Gasteiger charge is 2.32. The monoisotopic (exact) mass is 744 g/mol. The van der Waals surface area contributed by atoms with Crippen LogP contribution in [-0.4, -0.2) is 97.7 Å². The largest absolute Gasteiger partial charge is 0.382 e. The number of carbonyl (C=O) groups is 3. The molecule has 3 amide bonds. The molecule has 3 saturated heterocycles. The third-order valence-corrected chi connectivity index (χ3v) is 11.3. The third kappa shape index (κ3) is 7.06. The van der Waals surface area contributed by atoms with E-state index in [1.165, 1.54) is 11.3 Å². The zero-order chi connectivity index (χ0) is 37.3. The van der Waals surface area contributed by atoms with E-state index in [1.807, 2.05) is 41.4 Å². The predicted octanol–water partition coefficient (Wildman–Crippen LogP) is 4.09. The van der Waals surface area contributed by atoms with Gasteiger partial charge in [0.1, 0.15) is 11.9 Å². The van der Waals surface area contributed by atoms with Crippen molar-refractivity contribution in [3.63, 3.8) is 0 Å². The lowest BCUT2D eigenvalue weighted by molar-refractivity contribution is -0.136. The van der Waals surface area contributed by atoms with Gasteiger partial charge >= 0.3 is 0 Å². The number of carbonyl (C=O) groups excluding carboxylic acids is 3. The summed E-state index contributed by atoms with van der Waals surface area (Å²) in [4.78, 5) is 53.2. The maximum Gasteiger partial charge on any atom is 0.234 e. The number of hydrogen-bond acceptors (Lipinski definition) is 13. The van der Waals surface area contributed by atoms with E-state index in [1.54, 1.807) is 23.0 Å². The number of rotatable bonds is 8. The van der Waals surface area contributed by atoms with Crippen molar-refractivity contribution in [2.45, 2.75) is 51.5 Å². The second-order valence-electron chi connectivity index (χ2n) is 14.2. The number of fused-ring (bicyclic) bond motifs is 1. The van der Waals surface area contributed by atoms with Gasteiger partial charge in [-0.15, -0.1) is 10.2 Å². The lowest BCUT2D eigenvalue weighted by atomic mass is 9.91. The summed E-state index contributed by atoms with van der Waals surface area (Å²) in [7, 11) is 0. The van der Waals surface area contributed by atoms with Crippen molar-refractivity contribution >= 4 is 51.2 Å². The van der Waals surface area contributed by atoms with Gasteiger partial charge in [-0.25, -0.2) is 9.50 Å². The minimum atomic E-state index is -0.352. The minimum absolute atomic E-state index is 0.0263. The number of piperazine rings is 1. The Kier molecular flexibility index (Phi) is 9.63. The highest BCUT2D eigenvalue weighted by atomic mass is 32.1. The molecule has 15 nitrogen and oxygen atoms in total. The van der Waals surface area contributed by atoms with E-state index in [0.717, 1.165) is 75.6 Å². The van der Waals surface area contributed by atoms with Crippen molar-refractivity contribution in [1.82, 2.24) is 40.0 Å². The molecule has 0 radical (unpaired) electrons. The Labute approximate surface area is 316 Å². The summed E-state index contributed by atoms with van der Waals surface area (Å²) >= 11 is 1.52. The molecular weight excluding hydrogens is 705 g/mol. The summed E-state index contributed by atoms with van der Waals surface area (Å²) in [6.45, 7) is 8.25. The molecule has 2 N–H and O–H groups in total. The molecule has 0 saturated carbocycles. The Morgan fingerprint density at radius 1 is 0.944 bits per heavy atom. The lowest BCUT2D eigenvalue weighted by Gasteiger charge is -2.38. The first-order valence-corrected chi connectivity index (χ1v) is 19.1. The van der Waals surface area contributed by atoms with Gasteiger partial charge in [0.15, 0.2) is 5.01 Å². The van der Waals surface area contributed by atoms with Gasteiger partial charge in [0.25, 0.3) is 0 Å². The maximum absolute atomic E-state index is 13.6. The minimum Gasteiger partial charge on any atom is -0.382 e. The SMILES string of the molecule is CC(C)Nc1cc(-c2ccc3cc(C#N)cnn23)ncc1-c1nnc(N2CCN(C(=O)C3CCN(c4ccc([C@@H]5CCC(=O)NC5=O)cn4)CC3)CC2)s1. The molecule has 8 heterocycles. The molecule has 16 heteroatoms. The van der Waals surface area contributed by atoms with Crippen LogP contribution in [0.15, 0.2) is 55.0 Å². The van der Waals surface area contributed by atoms with Gasteiger partial charge in [0.05, 0.1) is 40.1 Å². The molecule has 0 aromatic carbocycles. The number of anilines is 3. The first kappa shape index (κ1) is 35.1. The molecular formula is C38H40N12O3S. The molecule has 0 spiro atoms. The molecule has 5 aromatic heterocycles. The average Bonchev–Trinajstić information content (AvgIpc) is 3.86. The van der Waals surface area contributed by atoms with E-state index >= 15 is 0 Å². The molecule has 54 heavy (non-hydrogen) atoms. The van der Waals surface area contributed by atoms with Crippen LogP contribution in [0.25, 0.3) is 27.5 Å². The second kappa shape index (κ2) is 14.8. The van der Waals surface area contributed by atoms with E-state index in [0.29, 0.717) is 44.6 Å². The summed E-state index contributed by atoms with van der Waals surface area (Å²) in [6, 6.07) is 13.8. The van der Waals surface area contributed by atoms with Gasteiger partial charge in [0.2, 0.25) is 22.9 Å². The average molecular weight is 745 g/mol. The van der Waals surface area contributed by atoms with Crippen LogP contribution in [0.3, 0.4) is 0 Å². The number of hydrogen-bond donors (Lipinski definition) is 2. The molecule has 276 valence electrons. The molecule has 3 fully saturated rings. The molecule has 3 aliphatic rings. The first-order valence-electron chi connectivity index (χ1n) is 18.3. The molecule has 0 aliphatic carbocycles. The number of nitrogens with zero attached hydrogens (tertiary/aromatic N) is 10. The Hall–Kier alpha value is -5.95. The van der Waals surface area contributed by atoms with Gasteiger partial charge < -0.3 is 20.0 Å². The smallest absolute Gasteiger partial charge is 0.234 e. The van der Waals surface area contributed by atoms with E-state index in [9.17, 15) is 19.6 Å². The van der Waals surface area contributed by atoms with Crippen LogP contribution >= 0.6 is 11.3 Å². The van der Waals surface area contributed by atoms with Gasteiger partial charge in [-0.05, 0) is 69.0 Å². The van der Waals surface area contributed by atoms with Gasteiger partial charge in [0, 0.05) is 75.7 Å². The van der Waals surface area contributed by atoms with Crippen LogP contribution in [0.4, 0.5) is 16.6 Å². The molecule has 1 atom stereocenters. The Morgan fingerprint density at radius 3 is 2.48 bits per heavy atom. The number of nitrogens with one attached hydrogen (secondary N) is 2. The topological polar surface area (TPSA) is 178 Å². The van der Waals surface area contributed by atoms with Gasteiger partial charge in [-0.3, -0.25) is 24.7 Å². The lowest BCUT2D eigenvalue weighted by Crippen LogP contribution is -2.51. The summed E-state index contributed by atoms with van der Waals surface area (Å²) in [5, 5.41) is 30.4. The summed E-state index contributed by atoms with van der Waals surface area (Å²) in [5.41, 5.74) is 5.45. The van der Waals surface area contributed by atoms with Gasteiger partial charge in [-0.2, -0.15) is 10.4 Å². The third-order valence-electron chi connectivity index (χ3n) is 10.3. The highest BCUT2D eigenvalue weighted by molar-refractivity contribution is 7.18. The normalized spacial score (nSPS) is 18.3. The summed E-state index contributed by atoms with van der Waals surface area (Å²) < 4.78 is 1.78. The van der Waals surface area contributed by atoms with E-state index in [2.05, 4.69) is 60.6 Å². The van der Waals surface area contributed by atoms with Crippen LogP contribution in [0.2, 0.25) is 0 Å². The number of amides is 3. The van der Waals surface area contributed by atoms with Crippen LogP contribution < -0.4 is 20.4 Å². The number of aromatic nitrogens is 6. The zero-order valence-electron chi connectivity index (χ0n) is 30.1. The standard InChI is InChI=1S/C38H40N12O3S/c1-23(2)43-30-18-31(32-6-4-27-17-24(19-39)20-42-50(27)32)40-22-29(30)36-45-46-38(54-36)49-15-13-48(14-16-49)37(53)25-9-11-47(12-10-25)33-7-3-26(21-41-33)28-5-8-34(51)44-35(28)52/h3-4,6-7,17-18,20-23,25,28H,5,8-16H2,1-2H3,(H,40,43)(H,44,51,52)/t28-/m0/s1. The van der Waals surface area contributed by atoms with Crippen LogP contribution in [0, 0.1) is 17.2 Å². The summed E-state index contributed by atoms with van der Waals surface area (Å²) in [6.07, 6.45) is 7.46. The predicted molar refractivity (Wildman–Crippen MR) is 204 cm³/mol. The van der Waals surface area contributed by atoms with E-state index in [-0.39, 0.29) is 35.6 Å². The Balaban J connectivity index is 0.871. The molecule has 3 aliphatic heterocycles. The van der Waals surface area contributed by atoms with E-state index < -0.39 is 0 Å². The molecule has 0 unspecified atom stereocenters. The van der Waals surface area contributed by atoms with Crippen molar-refractivity contribution in [1.29, 1.82) is 5.26 Å². The first-order chi connectivity index (χ1) is 26.2. The Morgan fingerprint density at radius 2 is 1.76 bits per heavy atom. The summed E-state index contributed by atoms with van der Waals surface area (Å²) in [5.74, 6) is 0.178. The fourth-order valence-electron chi connectivity index (χ4n) is 7.44. The fraction of sp³-hybridized carbons (Fsp3) is 0.395. The molecule has 8 rings (SSSR count). The number of piperidine rings is 2. The van der Waals surface area contributed by atoms with Gasteiger partial charge in [-0.1, -0.05) is 17.4 Å².